The van der Waals surface area contributed by atoms with Gasteiger partial charge < -0.3 is 26.5 Å². The number of aliphatic imine (C=N–C) groups is 1. The van der Waals surface area contributed by atoms with Crippen molar-refractivity contribution in [3.8, 4) is 0 Å². The van der Waals surface area contributed by atoms with Crippen LogP contribution in [0.4, 0.5) is 0 Å². The fourth-order valence-corrected chi connectivity index (χ4v) is 3.73. The molecule has 5 N–H and O–H groups in total. The van der Waals surface area contributed by atoms with E-state index in [0.29, 0.717) is 45.1 Å². The Bertz CT molecular complexity index is 718. The van der Waals surface area contributed by atoms with Crippen LogP contribution in [0.3, 0.4) is 0 Å². The second-order valence-electron chi connectivity index (χ2n) is 7.31. The molecule has 0 bridgehead atoms. The van der Waals surface area contributed by atoms with E-state index < -0.39 is 18.0 Å². The number of aldehydes is 1. The number of ketones is 1. The zero-order valence-corrected chi connectivity index (χ0v) is 16.9. The monoisotopic (exact) mass is 401 g/mol. The maximum atomic E-state index is 13.1. The van der Waals surface area contributed by atoms with E-state index in [1.54, 1.807) is 11.9 Å². The number of rotatable bonds is 11. The molecule has 29 heavy (non-hydrogen) atoms. The molecule has 0 spiro atoms. The highest BCUT2D eigenvalue weighted by Gasteiger charge is 2.39. The summed E-state index contributed by atoms with van der Waals surface area (Å²) in [6, 6.07) is 8.79. The summed E-state index contributed by atoms with van der Waals surface area (Å²) in [5.41, 5.74) is 11.6. The van der Waals surface area contributed by atoms with Crippen LogP contribution in [-0.4, -0.2) is 61.1 Å². The Labute approximate surface area is 171 Å². The quantitative estimate of drug-likeness (QED) is 0.160. The highest BCUT2D eigenvalue weighted by atomic mass is 16.2. The fourth-order valence-electron chi connectivity index (χ4n) is 3.73. The van der Waals surface area contributed by atoms with Crippen LogP contribution >= 0.6 is 0 Å². The van der Waals surface area contributed by atoms with E-state index in [1.807, 2.05) is 30.3 Å². The number of likely N-dealkylation sites (tertiary alicyclic amines) is 1. The van der Waals surface area contributed by atoms with Crippen LogP contribution in [0, 0.1) is 5.92 Å². The number of nitrogens with one attached hydrogen (secondary N) is 1. The molecule has 158 valence electrons. The summed E-state index contributed by atoms with van der Waals surface area (Å²) in [6.07, 6.45) is 3.47. The van der Waals surface area contributed by atoms with Crippen LogP contribution in [0.5, 0.6) is 0 Å². The van der Waals surface area contributed by atoms with E-state index in [9.17, 15) is 14.4 Å². The van der Waals surface area contributed by atoms with Crippen molar-refractivity contribution in [3.05, 3.63) is 35.9 Å². The zero-order chi connectivity index (χ0) is 21.2. The molecule has 1 amide bonds. The number of nitrogens with zero attached hydrogens (tertiary/aromatic N) is 2. The highest BCUT2D eigenvalue weighted by Crippen LogP contribution is 2.23. The van der Waals surface area contributed by atoms with Crippen LogP contribution in [-0.2, 0) is 20.8 Å². The van der Waals surface area contributed by atoms with Gasteiger partial charge in [0, 0.05) is 13.1 Å². The van der Waals surface area contributed by atoms with E-state index in [2.05, 4.69) is 10.3 Å². The van der Waals surface area contributed by atoms with E-state index in [1.165, 1.54) is 0 Å². The summed E-state index contributed by atoms with van der Waals surface area (Å²) in [5.74, 6) is -1.05. The van der Waals surface area contributed by atoms with Gasteiger partial charge in [-0.15, -0.1) is 0 Å². The van der Waals surface area contributed by atoms with E-state index in [4.69, 9.17) is 11.5 Å². The van der Waals surface area contributed by atoms with Gasteiger partial charge in [-0.2, -0.15) is 0 Å². The highest BCUT2D eigenvalue weighted by molar-refractivity contribution is 5.99. The van der Waals surface area contributed by atoms with Gasteiger partial charge in [0.05, 0.1) is 18.0 Å². The maximum Gasteiger partial charge on any atom is 0.240 e. The van der Waals surface area contributed by atoms with Gasteiger partial charge in [-0.05, 0) is 44.7 Å². The standard InChI is InChI=1S/C21H31N5O3/c1-24-17(13-15-7-3-2-4-8-15)20(29)26-12-6-10-18(26)19(28)16(14-27)9-5-11-25-21(22)23/h2-4,7-8,14,16-18,24H,5-6,9-13H2,1H3,(H4,22,23,25)/t16-,17+,18-/m0/s1. The number of likely N-dealkylation sites (N-methyl/N-ethyl adjacent to an activating group) is 1. The zero-order valence-electron chi connectivity index (χ0n) is 16.9. The molecule has 1 aliphatic rings. The van der Waals surface area contributed by atoms with E-state index >= 15 is 0 Å². The lowest BCUT2D eigenvalue weighted by atomic mass is 9.93. The third kappa shape index (κ3) is 6.39. The van der Waals surface area contributed by atoms with Crippen LogP contribution in [0.1, 0.15) is 31.2 Å². The van der Waals surface area contributed by atoms with E-state index in [-0.39, 0.29) is 17.6 Å². The number of nitrogens with two attached hydrogens (primary N) is 2. The summed E-state index contributed by atoms with van der Waals surface area (Å²) in [4.78, 5) is 43.1. The number of carbonyl (C=O) groups is 3. The molecular formula is C21H31N5O3. The van der Waals surface area contributed by atoms with Crippen molar-refractivity contribution in [2.45, 2.75) is 44.2 Å². The van der Waals surface area contributed by atoms with Crippen molar-refractivity contribution < 1.29 is 14.4 Å². The largest absolute Gasteiger partial charge is 0.370 e. The first-order chi connectivity index (χ1) is 14.0. The molecule has 1 aromatic carbocycles. The Hall–Kier alpha value is -2.74. The minimum Gasteiger partial charge on any atom is -0.370 e. The molecule has 8 heteroatoms. The lowest BCUT2D eigenvalue weighted by Gasteiger charge is -2.29. The number of carbonyl (C=O) groups excluding carboxylic acids is 3. The predicted octanol–water partition coefficient (Wildman–Crippen LogP) is 0.246. The normalized spacial score (nSPS) is 18.1. The number of Topliss-reactive ketones (excluding diaryl/α,β-unsaturated/α-hetero) is 1. The molecule has 1 aliphatic heterocycles. The minimum absolute atomic E-state index is 0.0110. The molecule has 0 unspecified atom stereocenters. The second kappa shape index (κ2) is 11.3. The van der Waals surface area contributed by atoms with Crippen molar-refractivity contribution in [1.82, 2.24) is 10.2 Å². The molecule has 0 aliphatic carbocycles. The number of benzene rings is 1. The summed E-state index contributed by atoms with van der Waals surface area (Å²) in [7, 11) is 1.75. The Balaban J connectivity index is 2.02. The first kappa shape index (κ1) is 22.5. The van der Waals surface area contributed by atoms with Crippen LogP contribution < -0.4 is 16.8 Å². The van der Waals surface area contributed by atoms with Crippen molar-refractivity contribution in [2.75, 3.05) is 20.1 Å². The Morgan fingerprint density at radius 2 is 2.03 bits per heavy atom. The lowest BCUT2D eigenvalue weighted by molar-refractivity contribution is -0.141. The molecule has 0 saturated carbocycles. The number of guanidine groups is 1. The molecule has 0 radical (unpaired) electrons. The summed E-state index contributed by atoms with van der Waals surface area (Å²) in [6.45, 7) is 0.897. The third-order valence-electron chi connectivity index (χ3n) is 5.29. The lowest BCUT2D eigenvalue weighted by Crippen LogP contribution is -2.51. The van der Waals surface area contributed by atoms with Gasteiger partial charge in [0.25, 0.3) is 0 Å². The molecule has 1 saturated heterocycles. The molecule has 2 rings (SSSR count). The first-order valence-corrected chi connectivity index (χ1v) is 10.0. The van der Waals surface area contributed by atoms with Crippen LogP contribution in [0.2, 0.25) is 0 Å². The van der Waals surface area contributed by atoms with Gasteiger partial charge in [-0.1, -0.05) is 30.3 Å². The van der Waals surface area contributed by atoms with Crippen molar-refractivity contribution in [2.24, 2.45) is 22.4 Å². The molecule has 0 aromatic heterocycles. The van der Waals surface area contributed by atoms with Crippen molar-refractivity contribution >= 4 is 23.9 Å². The minimum atomic E-state index is -0.746. The average molecular weight is 402 g/mol. The van der Waals surface area contributed by atoms with Crippen molar-refractivity contribution in [1.29, 1.82) is 0 Å². The molecule has 1 aromatic rings. The van der Waals surface area contributed by atoms with Gasteiger partial charge in [0.1, 0.15) is 6.29 Å². The van der Waals surface area contributed by atoms with Crippen LogP contribution in [0.25, 0.3) is 0 Å². The van der Waals surface area contributed by atoms with Gasteiger partial charge in [-0.3, -0.25) is 14.6 Å². The number of amides is 1. The summed E-state index contributed by atoms with van der Waals surface area (Å²) >= 11 is 0. The third-order valence-corrected chi connectivity index (χ3v) is 5.29. The number of hydrogen-bond donors (Lipinski definition) is 3. The molecule has 1 fully saturated rings. The Morgan fingerprint density at radius 1 is 1.31 bits per heavy atom. The summed E-state index contributed by atoms with van der Waals surface area (Å²) < 4.78 is 0. The van der Waals surface area contributed by atoms with Gasteiger partial charge in [0.2, 0.25) is 5.91 Å². The summed E-state index contributed by atoms with van der Waals surface area (Å²) in [5, 5.41) is 3.07. The van der Waals surface area contributed by atoms with E-state index in [0.717, 1.165) is 12.0 Å². The fraction of sp³-hybridized carbons (Fsp3) is 0.524. The van der Waals surface area contributed by atoms with Gasteiger partial charge in [0.15, 0.2) is 11.7 Å². The molecule has 1 heterocycles. The number of hydrogen-bond acceptors (Lipinski definition) is 5. The molecular weight excluding hydrogens is 370 g/mol. The Morgan fingerprint density at radius 3 is 2.66 bits per heavy atom. The smallest absolute Gasteiger partial charge is 0.240 e. The van der Waals surface area contributed by atoms with Gasteiger partial charge in [-0.25, -0.2) is 0 Å². The van der Waals surface area contributed by atoms with Crippen molar-refractivity contribution in [3.63, 3.8) is 0 Å². The molecule has 3 atom stereocenters. The average Bonchev–Trinajstić information content (AvgIpc) is 3.21. The molecule has 8 nitrogen and oxygen atoms in total. The predicted molar refractivity (Wildman–Crippen MR) is 112 cm³/mol. The van der Waals surface area contributed by atoms with Crippen LogP contribution in [0.15, 0.2) is 35.3 Å². The SMILES string of the molecule is CN[C@H](Cc1ccccc1)C(=O)N1CCC[C@H]1C(=O)[C@H](C=O)CCCN=C(N)N. The second-order valence-corrected chi connectivity index (χ2v) is 7.31. The van der Waals surface area contributed by atoms with Gasteiger partial charge >= 0.3 is 0 Å². The maximum absolute atomic E-state index is 13.1. The topological polar surface area (TPSA) is 131 Å². The Kier molecular flexibility index (Phi) is 8.79. The first-order valence-electron chi connectivity index (χ1n) is 10.0.